The van der Waals surface area contributed by atoms with Crippen molar-refractivity contribution < 1.29 is 4.79 Å². The zero-order valence-corrected chi connectivity index (χ0v) is 15.7. The molecule has 0 aliphatic carbocycles. The summed E-state index contributed by atoms with van der Waals surface area (Å²) in [7, 11) is 0. The Morgan fingerprint density at radius 3 is 2.10 bits per heavy atom. The average molecular weight is 374 g/mol. The third-order valence-electron chi connectivity index (χ3n) is 5.06. The number of rotatable bonds is 3. The van der Waals surface area contributed by atoms with Crippen LogP contribution in [0.25, 0.3) is 32.9 Å². The topological polar surface area (TPSA) is 42.0 Å². The largest absolute Gasteiger partial charge is 0.321 e. The summed E-state index contributed by atoms with van der Waals surface area (Å²) in [6.45, 7) is 0. The minimum Gasteiger partial charge on any atom is -0.321 e. The Labute approximate surface area is 168 Å². The molecule has 1 N–H and O–H groups in total. The zero-order chi connectivity index (χ0) is 19.6. The highest BCUT2D eigenvalue weighted by Crippen LogP contribution is 2.36. The average Bonchev–Trinajstić information content (AvgIpc) is 2.79. The van der Waals surface area contributed by atoms with Crippen LogP contribution in [0.3, 0.4) is 0 Å². The van der Waals surface area contributed by atoms with E-state index >= 15 is 0 Å². The van der Waals surface area contributed by atoms with Gasteiger partial charge >= 0.3 is 0 Å². The predicted molar refractivity (Wildman–Crippen MR) is 119 cm³/mol. The number of carbonyl (C=O) groups excluding carboxylic acids is 1. The van der Waals surface area contributed by atoms with Crippen LogP contribution in [0.1, 0.15) is 10.4 Å². The molecule has 0 atom stereocenters. The van der Waals surface area contributed by atoms with Gasteiger partial charge in [0.2, 0.25) is 0 Å². The smallest absolute Gasteiger partial charge is 0.255 e. The van der Waals surface area contributed by atoms with Crippen molar-refractivity contribution in [1.29, 1.82) is 0 Å². The van der Waals surface area contributed by atoms with Gasteiger partial charge in [-0.3, -0.25) is 4.79 Å². The van der Waals surface area contributed by atoms with Crippen molar-refractivity contribution in [1.82, 2.24) is 4.98 Å². The van der Waals surface area contributed by atoms with Crippen molar-refractivity contribution in [2.24, 2.45) is 0 Å². The number of aromatic nitrogens is 1. The first-order valence-electron chi connectivity index (χ1n) is 9.54. The van der Waals surface area contributed by atoms with Gasteiger partial charge in [0.1, 0.15) is 0 Å². The van der Waals surface area contributed by atoms with Crippen LogP contribution in [0, 0.1) is 0 Å². The number of nitrogens with one attached hydrogen (secondary N) is 1. The Balaban J connectivity index is 1.76. The molecule has 0 fully saturated rings. The Morgan fingerprint density at radius 2 is 1.31 bits per heavy atom. The summed E-state index contributed by atoms with van der Waals surface area (Å²) in [5.41, 5.74) is 4.28. The third-order valence-corrected chi connectivity index (χ3v) is 5.06. The number of nitrogens with zero attached hydrogens (tertiary/aromatic N) is 1. The third kappa shape index (κ3) is 3.13. The Hall–Kier alpha value is -3.98. The second-order valence-corrected chi connectivity index (χ2v) is 6.89. The molecule has 0 saturated heterocycles. The molecule has 5 aromatic rings. The van der Waals surface area contributed by atoms with Crippen molar-refractivity contribution in [2.45, 2.75) is 0 Å². The van der Waals surface area contributed by atoms with E-state index in [9.17, 15) is 4.79 Å². The van der Waals surface area contributed by atoms with E-state index in [2.05, 4.69) is 29.6 Å². The number of amides is 1. The highest BCUT2D eigenvalue weighted by atomic mass is 16.1. The maximum atomic E-state index is 12.8. The molecule has 0 unspecified atom stereocenters. The summed E-state index contributed by atoms with van der Waals surface area (Å²) >= 11 is 0. The minimum atomic E-state index is -0.125. The first kappa shape index (κ1) is 17.1. The number of carbonyl (C=O) groups is 1. The molecule has 3 heteroatoms. The molecule has 29 heavy (non-hydrogen) atoms. The SMILES string of the molecule is O=C(Nc1cccc2c(-c3ccccc3)nc3ccccc3c12)c1ccccc1. The fraction of sp³-hybridized carbons (Fsp3) is 0. The van der Waals surface area contributed by atoms with Crippen LogP contribution in [0.5, 0.6) is 0 Å². The Kier molecular flexibility index (Phi) is 4.26. The number of hydrogen-bond donors (Lipinski definition) is 1. The lowest BCUT2D eigenvalue weighted by Gasteiger charge is -2.14. The van der Waals surface area contributed by atoms with E-state index in [1.165, 1.54) is 0 Å². The fourth-order valence-electron chi connectivity index (χ4n) is 3.71. The van der Waals surface area contributed by atoms with Gasteiger partial charge in [0.25, 0.3) is 5.91 Å². The molecule has 1 heterocycles. The fourth-order valence-corrected chi connectivity index (χ4v) is 3.71. The molecule has 0 spiro atoms. The lowest BCUT2D eigenvalue weighted by atomic mass is 9.98. The van der Waals surface area contributed by atoms with Gasteiger partial charge in [-0.2, -0.15) is 0 Å². The highest BCUT2D eigenvalue weighted by molar-refractivity contribution is 6.19. The van der Waals surface area contributed by atoms with Crippen LogP contribution in [0.4, 0.5) is 5.69 Å². The molecule has 3 nitrogen and oxygen atoms in total. The van der Waals surface area contributed by atoms with Gasteiger partial charge < -0.3 is 5.32 Å². The molecule has 0 aliphatic heterocycles. The van der Waals surface area contributed by atoms with Gasteiger partial charge in [-0.05, 0) is 24.3 Å². The van der Waals surface area contributed by atoms with Gasteiger partial charge in [0, 0.05) is 33.0 Å². The molecule has 0 bridgehead atoms. The maximum Gasteiger partial charge on any atom is 0.255 e. The highest BCUT2D eigenvalue weighted by Gasteiger charge is 2.15. The molecule has 5 rings (SSSR count). The van der Waals surface area contributed by atoms with Crippen molar-refractivity contribution in [3.63, 3.8) is 0 Å². The van der Waals surface area contributed by atoms with Crippen LogP contribution >= 0.6 is 0 Å². The van der Waals surface area contributed by atoms with E-state index in [-0.39, 0.29) is 5.91 Å². The summed E-state index contributed by atoms with van der Waals surface area (Å²) in [5, 5.41) is 6.14. The van der Waals surface area contributed by atoms with Crippen LogP contribution in [-0.4, -0.2) is 10.9 Å². The number of pyridine rings is 1. The lowest BCUT2D eigenvalue weighted by Crippen LogP contribution is -2.12. The first-order chi connectivity index (χ1) is 14.3. The lowest BCUT2D eigenvalue weighted by molar-refractivity contribution is 0.102. The molecule has 138 valence electrons. The standard InChI is InChI=1S/C26H18N2O/c29-26(19-12-5-2-6-13-19)28-23-17-9-15-21-24(23)20-14-7-8-16-22(20)27-25(21)18-10-3-1-4-11-18/h1-17H,(H,28,29). The van der Waals surface area contributed by atoms with Crippen molar-refractivity contribution in [3.05, 3.63) is 109 Å². The van der Waals surface area contributed by atoms with Crippen LogP contribution < -0.4 is 5.32 Å². The summed E-state index contributed by atoms with van der Waals surface area (Å²) in [6.07, 6.45) is 0. The summed E-state index contributed by atoms with van der Waals surface area (Å²) in [6, 6.07) is 33.4. The van der Waals surface area contributed by atoms with Crippen molar-refractivity contribution in [3.8, 4) is 11.3 Å². The van der Waals surface area contributed by atoms with Crippen LogP contribution in [0.15, 0.2) is 103 Å². The molecule has 0 aliphatic rings. The summed E-state index contributed by atoms with van der Waals surface area (Å²) < 4.78 is 0. The Morgan fingerprint density at radius 1 is 0.655 bits per heavy atom. The summed E-state index contributed by atoms with van der Waals surface area (Å²) in [5.74, 6) is -0.125. The molecule has 1 aromatic heterocycles. The minimum absolute atomic E-state index is 0.125. The van der Waals surface area contributed by atoms with Crippen LogP contribution in [-0.2, 0) is 0 Å². The number of hydrogen-bond acceptors (Lipinski definition) is 2. The van der Waals surface area contributed by atoms with E-state index in [0.717, 1.165) is 38.6 Å². The van der Waals surface area contributed by atoms with Crippen LogP contribution in [0.2, 0.25) is 0 Å². The monoisotopic (exact) mass is 374 g/mol. The van der Waals surface area contributed by atoms with Gasteiger partial charge in [-0.1, -0.05) is 78.9 Å². The number of para-hydroxylation sites is 1. The number of benzene rings is 4. The second kappa shape index (κ2) is 7.21. The summed E-state index contributed by atoms with van der Waals surface area (Å²) in [4.78, 5) is 17.8. The van der Waals surface area contributed by atoms with Gasteiger partial charge in [0.15, 0.2) is 0 Å². The molecule has 4 aromatic carbocycles. The molecular weight excluding hydrogens is 356 g/mol. The van der Waals surface area contributed by atoms with E-state index in [1.54, 1.807) is 0 Å². The molecular formula is C26H18N2O. The second-order valence-electron chi connectivity index (χ2n) is 6.89. The van der Waals surface area contributed by atoms with Crippen molar-refractivity contribution >= 4 is 33.3 Å². The van der Waals surface area contributed by atoms with E-state index < -0.39 is 0 Å². The molecule has 0 saturated carbocycles. The van der Waals surface area contributed by atoms with E-state index in [0.29, 0.717) is 5.56 Å². The van der Waals surface area contributed by atoms with Gasteiger partial charge in [-0.25, -0.2) is 4.98 Å². The molecule has 0 radical (unpaired) electrons. The van der Waals surface area contributed by atoms with E-state index in [1.807, 2.05) is 78.9 Å². The Bertz CT molecular complexity index is 1330. The molecule has 1 amide bonds. The normalized spacial score (nSPS) is 10.9. The van der Waals surface area contributed by atoms with Crippen molar-refractivity contribution in [2.75, 3.05) is 5.32 Å². The first-order valence-corrected chi connectivity index (χ1v) is 9.54. The zero-order valence-electron chi connectivity index (χ0n) is 15.7. The predicted octanol–water partition coefficient (Wildman–Crippen LogP) is 6.31. The van der Waals surface area contributed by atoms with Gasteiger partial charge in [-0.15, -0.1) is 0 Å². The van der Waals surface area contributed by atoms with E-state index in [4.69, 9.17) is 4.98 Å². The maximum absolute atomic E-state index is 12.8. The quantitative estimate of drug-likeness (QED) is 0.376. The number of anilines is 1. The number of fused-ring (bicyclic) bond motifs is 3. The van der Waals surface area contributed by atoms with Gasteiger partial charge in [0.05, 0.1) is 11.2 Å².